The fourth-order valence-electron chi connectivity index (χ4n) is 3.31. The second-order valence-electron chi connectivity index (χ2n) is 7.02. The smallest absolute Gasteiger partial charge is 0.235 e. The first-order valence-electron chi connectivity index (χ1n) is 9.61. The van der Waals surface area contributed by atoms with Gasteiger partial charge in [-0.25, -0.2) is 8.78 Å². The van der Waals surface area contributed by atoms with Crippen LogP contribution in [0.2, 0.25) is 0 Å². The molecule has 1 fully saturated rings. The lowest BCUT2D eigenvalue weighted by atomic mass is 10.1. The summed E-state index contributed by atoms with van der Waals surface area (Å²) in [6.07, 6.45) is 3.71. The van der Waals surface area contributed by atoms with E-state index in [4.69, 9.17) is 10.5 Å². The molecule has 0 amide bonds. The minimum atomic E-state index is -0.658. The van der Waals surface area contributed by atoms with Crippen LogP contribution in [0.1, 0.15) is 37.4 Å². The quantitative estimate of drug-likeness (QED) is 0.561. The van der Waals surface area contributed by atoms with Crippen LogP contribution < -0.4 is 16.4 Å². The molecule has 1 unspecified atom stereocenters. The Morgan fingerprint density at radius 1 is 1.13 bits per heavy atom. The number of hydrogen-bond acceptors (Lipinski definition) is 8. The van der Waals surface area contributed by atoms with Crippen molar-refractivity contribution in [2.75, 3.05) is 29.6 Å². The summed E-state index contributed by atoms with van der Waals surface area (Å²) in [6.45, 7) is 3.15. The van der Waals surface area contributed by atoms with Crippen molar-refractivity contribution >= 4 is 23.7 Å². The van der Waals surface area contributed by atoms with Gasteiger partial charge < -0.3 is 21.1 Å². The minimum absolute atomic E-state index is 0.00867. The maximum absolute atomic E-state index is 14.0. The van der Waals surface area contributed by atoms with Crippen molar-refractivity contribution in [2.45, 2.75) is 31.8 Å². The highest BCUT2D eigenvalue weighted by molar-refractivity contribution is 5.50. The Labute approximate surface area is 171 Å². The number of anilines is 4. The molecule has 0 radical (unpaired) electrons. The van der Waals surface area contributed by atoms with Crippen LogP contribution in [0, 0.1) is 11.6 Å². The monoisotopic (exact) mass is 416 g/mol. The lowest BCUT2D eigenvalue weighted by Crippen LogP contribution is -2.20. The van der Waals surface area contributed by atoms with Gasteiger partial charge in [0.05, 0.1) is 12.1 Å². The molecule has 0 bridgehead atoms. The van der Waals surface area contributed by atoms with E-state index >= 15 is 0 Å². The molecule has 4 N–H and O–H groups in total. The minimum Gasteiger partial charge on any atom is -0.381 e. The zero-order valence-corrected chi connectivity index (χ0v) is 16.3. The van der Waals surface area contributed by atoms with Gasteiger partial charge in [-0.3, -0.25) is 4.68 Å². The van der Waals surface area contributed by atoms with Gasteiger partial charge in [-0.15, -0.1) is 0 Å². The van der Waals surface area contributed by atoms with Crippen molar-refractivity contribution < 1.29 is 13.5 Å². The van der Waals surface area contributed by atoms with Gasteiger partial charge in [0.25, 0.3) is 0 Å². The normalized spacial score (nSPS) is 15.7. The molecule has 30 heavy (non-hydrogen) atoms. The summed E-state index contributed by atoms with van der Waals surface area (Å²) in [5.74, 6) is -0.381. The molecule has 0 aliphatic carbocycles. The van der Waals surface area contributed by atoms with E-state index < -0.39 is 17.7 Å². The average molecular weight is 416 g/mol. The van der Waals surface area contributed by atoms with Crippen molar-refractivity contribution in [1.82, 2.24) is 24.7 Å². The molecule has 9 nitrogen and oxygen atoms in total. The number of ether oxygens (including phenoxy) is 1. The topological polar surface area (TPSA) is 116 Å². The van der Waals surface area contributed by atoms with Gasteiger partial charge in [0.15, 0.2) is 5.82 Å². The van der Waals surface area contributed by atoms with Crippen LogP contribution in [0.4, 0.5) is 32.4 Å². The summed E-state index contributed by atoms with van der Waals surface area (Å²) >= 11 is 0. The van der Waals surface area contributed by atoms with Gasteiger partial charge in [-0.2, -0.15) is 20.1 Å². The molecular weight excluding hydrogens is 394 g/mol. The molecule has 1 saturated heterocycles. The molecule has 3 aromatic rings. The number of aromatic nitrogens is 5. The summed E-state index contributed by atoms with van der Waals surface area (Å²) in [5.41, 5.74) is 6.07. The lowest BCUT2D eigenvalue weighted by molar-refractivity contribution is 0.0663. The number of nitrogens with two attached hydrogens (primary N) is 1. The standard InChI is InChI=1S/C19H22F2N8O/c1-11(14-3-2-12(20)10-15(14)21)23-18-25-17(22)26-19(27-18)24-16-4-7-29(28-16)13-5-8-30-9-6-13/h2-4,7,10-11,13H,5-6,8-9H2,1H3,(H4,22,23,24,25,26,27,28). The predicted molar refractivity (Wildman–Crippen MR) is 107 cm³/mol. The molecule has 11 heteroatoms. The van der Waals surface area contributed by atoms with Crippen molar-refractivity contribution in [2.24, 2.45) is 0 Å². The summed E-state index contributed by atoms with van der Waals surface area (Å²) in [7, 11) is 0. The van der Waals surface area contributed by atoms with Crippen LogP contribution >= 0.6 is 0 Å². The van der Waals surface area contributed by atoms with Crippen LogP contribution in [0.3, 0.4) is 0 Å². The maximum atomic E-state index is 14.0. The molecule has 2 aromatic heterocycles. The molecule has 1 atom stereocenters. The molecular formula is C19H22F2N8O. The number of halogens is 2. The Balaban J connectivity index is 1.47. The number of benzene rings is 1. The van der Waals surface area contributed by atoms with Crippen LogP contribution in [-0.2, 0) is 4.74 Å². The van der Waals surface area contributed by atoms with Crippen LogP contribution in [0.5, 0.6) is 0 Å². The van der Waals surface area contributed by atoms with E-state index in [1.807, 2.05) is 16.9 Å². The van der Waals surface area contributed by atoms with Gasteiger partial charge in [-0.1, -0.05) is 6.07 Å². The molecule has 158 valence electrons. The van der Waals surface area contributed by atoms with Crippen molar-refractivity contribution in [1.29, 1.82) is 0 Å². The Hall–Kier alpha value is -3.34. The summed E-state index contributed by atoms with van der Waals surface area (Å²) in [6, 6.07) is 4.99. The first kappa shape index (κ1) is 20.0. The number of nitrogen functional groups attached to an aromatic ring is 1. The Morgan fingerprint density at radius 3 is 2.67 bits per heavy atom. The second-order valence-corrected chi connectivity index (χ2v) is 7.02. The van der Waals surface area contributed by atoms with E-state index in [2.05, 4.69) is 30.7 Å². The molecule has 1 aliphatic heterocycles. The second kappa shape index (κ2) is 8.57. The van der Waals surface area contributed by atoms with Crippen LogP contribution in [0.15, 0.2) is 30.5 Å². The van der Waals surface area contributed by atoms with Crippen LogP contribution in [-0.4, -0.2) is 37.9 Å². The Bertz CT molecular complexity index is 1020. The molecule has 4 rings (SSSR count). The summed E-state index contributed by atoms with van der Waals surface area (Å²) < 4.78 is 34.4. The summed E-state index contributed by atoms with van der Waals surface area (Å²) in [5, 5.41) is 10.5. The largest absolute Gasteiger partial charge is 0.381 e. The highest BCUT2D eigenvalue weighted by Crippen LogP contribution is 2.23. The zero-order valence-electron chi connectivity index (χ0n) is 16.3. The molecule has 0 saturated carbocycles. The van der Waals surface area contributed by atoms with Gasteiger partial charge in [-0.05, 0) is 25.8 Å². The van der Waals surface area contributed by atoms with Crippen LogP contribution in [0.25, 0.3) is 0 Å². The number of nitrogens with zero attached hydrogens (tertiary/aromatic N) is 5. The van der Waals surface area contributed by atoms with E-state index in [0.717, 1.165) is 32.1 Å². The fraction of sp³-hybridized carbons (Fsp3) is 0.368. The third-order valence-corrected chi connectivity index (χ3v) is 4.84. The molecule has 1 aliphatic rings. The average Bonchev–Trinajstić information content (AvgIpc) is 3.16. The van der Waals surface area contributed by atoms with E-state index in [1.54, 1.807) is 6.92 Å². The number of nitrogens with one attached hydrogen (secondary N) is 2. The third kappa shape index (κ3) is 4.62. The highest BCUT2D eigenvalue weighted by atomic mass is 19.1. The van der Waals surface area contributed by atoms with Gasteiger partial charge >= 0.3 is 0 Å². The van der Waals surface area contributed by atoms with Crippen molar-refractivity contribution in [3.8, 4) is 0 Å². The van der Waals surface area contributed by atoms with Gasteiger partial charge in [0.2, 0.25) is 17.8 Å². The van der Waals surface area contributed by atoms with E-state index in [1.165, 1.54) is 12.1 Å². The first-order valence-corrected chi connectivity index (χ1v) is 9.61. The van der Waals surface area contributed by atoms with E-state index in [-0.39, 0.29) is 23.4 Å². The lowest BCUT2D eigenvalue weighted by Gasteiger charge is -2.22. The predicted octanol–water partition coefficient (Wildman–Crippen LogP) is 3.20. The number of hydrogen-bond donors (Lipinski definition) is 3. The van der Waals surface area contributed by atoms with Gasteiger partial charge in [0, 0.05) is 37.1 Å². The highest BCUT2D eigenvalue weighted by Gasteiger charge is 2.17. The Morgan fingerprint density at radius 2 is 1.90 bits per heavy atom. The maximum Gasteiger partial charge on any atom is 0.235 e. The molecule has 1 aromatic carbocycles. The van der Waals surface area contributed by atoms with E-state index in [0.29, 0.717) is 11.9 Å². The SMILES string of the molecule is CC(Nc1nc(N)nc(Nc2ccn(C3CCOCC3)n2)n1)c1ccc(F)cc1F. The zero-order chi connectivity index (χ0) is 21.1. The van der Waals surface area contributed by atoms with E-state index in [9.17, 15) is 8.78 Å². The van der Waals surface area contributed by atoms with Crippen molar-refractivity contribution in [3.05, 3.63) is 47.7 Å². The first-order chi connectivity index (χ1) is 14.5. The Kier molecular flexibility index (Phi) is 5.70. The molecule has 3 heterocycles. The molecule has 0 spiro atoms. The number of rotatable bonds is 6. The third-order valence-electron chi connectivity index (χ3n) is 4.84. The van der Waals surface area contributed by atoms with Gasteiger partial charge in [0.1, 0.15) is 11.6 Å². The van der Waals surface area contributed by atoms with Crippen molar-refractivity contribution in [3.63, 3.8) is 0 Å². The summed E-state index contributed by atoms with van der Waals surface area (Å²) in [4.78, 5) is 12.4. The fourth-order valence-corrected chi connectivity index (χ4v) is 3.31.